The Balaban J connectivity index is 1.79. The van der Waals surface area contributed by atoms with E-state index in [0.29, 0.717) is 17.0 Å². The van der Waals surface area contributed by atoms with Crippen molar-refractivity contribution in [1.29, 1.82) is 0 Å². The zero-order valence-electron chi connectivity index (χ0n) is 17.6. The van der Waals surface area contributed by atoms with Crippen molar-refractivity contribution in [2.45, 2.75) is 58.2 Å². The van der Waals surface area contributed by atoms with E-state index in [-0.39, 0.29) is 24.8 Å². The van der Waals surface area contributed by atoms with Gasteiger partial charge in [0.2, 0.25) is 11.8 Å². The Morgan fingerprint density at radius 3 is 2.60 bits per heavy atom. The van der Waals surface area contributed by atoms with Crippen LogP contribution in [0.5, 0.6) is 0 Å². The third-order valence-electron chi connectivity index (χ3n) is 5.48. The van der Waals surface area contributed by atoms with E-state index in [1.54, 1.807) is 38.1 Å². The van der Waals surface area contributed by atoms with Gasteiger partial charge < -0.3 is 19.8 Å². The molecule has 0 spiro atoms. The Morgan fingerprint density at radius 1 is 1.30 bits per heavy atom. The summed E-state index contributed by atoms with van der Waals surface area (Å²) < 4.78 is 19.4. The molecule has 1 saturated heterocycles. The number of hydrogen-bond donors (Lipinski definition) is 2. The van der Waals surface area contributed by atoms with E-state index >= 15 is 0 Å². The maximum absolute atomic E-state index is 14.0. The Kier molecular flexibility index (Phi) is 6.55. The van der Waals surface area contributed by atoms with Gasteiger partial charge in [-0.25, -0.2) is 4.39 Å². The number of hydrogen-bond acceptors (Lipinski definition) is 5. The van der Waals surface area contributed by atoms with E-state index in [1.165, 1.54) is 11.0 Å². The molecule has 0 bridgehead atoms. The van der Waals surface area contributed by atoms with Crippen LogP contribution in [0.15, 0.2) is 34.9 Å². The van der Waals surface area contributed by atoms with Gasteiger partial charge in [-0.2, -0.15) is 0 Å². The van der Waals surface area contributed by atoms with E-state index in [2.05, 4.69) is 10.5 Å². The number of rotatable bonds is 6. The van der Waals surface area contributed by atoms with Crippen LogP contribution in [-0.2, 0) is 9.59 Å². The summed E-state index contributed by atoms with van der Waals surface area (Å²) in [4.78, 5) is 27.7. The summed E-state index contributed by atoms with van der Waals surface area (Å²) in [6.45, 7) is 7.29. The quantitative estimate of drug-likeness (QED) is 0.754. The van der Waals surface area contributed by atoms with E-state index < -0.39 is 35.8 Å². The van der Waals surface area contributed by atoms with Crippen LogP contribution >= 0.6 is 0 Å². The molecule has 0 aliphatic carbocycles. The van der Waals surface area contributed by atoms with Crippen LogP contribution in [-0.4, -0.2) is 45.7 Å². The van der Waals surface area contributed by atoms with Crippen molar-refractivity contribution in [3.63, 3.8) is 0 Å². The second-order valence-corrected chi connectivity index (χ2v) is 8.24. The van der Waals surface area contributed by atoms with Gasteiger partial charge in [0, 0.05) is 24.6 Å². The molecular weight excluding hydrogens is 389 g/mol. The molecule has 3 rings (SSSR count). The standard InChI is InChI=1S/C22H28FN3O4/c1-12(2)20(19-9-13(3)25-30-19)22(29)26-11-15(27)10-18(26)21(28)24-14(4)16-7-5-6-8-17(16)23/h5-9,12,14-15,18,20,27H,10-11H2,1-4H3,(H,24,28)/t14-,15+,18-,20+/m0/s1. The number of nitrogens with one attached hydrogen (secondary N) is 1. The average molecular weight is 417 g/mol. The highest BCUT2D eigenvalue weighted by molar-refractivity contribution is 5.91. The molecule has 2 aromatic rings. The van der Waals surface area contributed by atoms with Crippen LogP contribution in [0.2, 0.25) is 0 Å². The number of β-amino-alcohol motifs (C(OH)–C–C–N with tert-alkyl or cyclic N) is 1. The van der Waals surface area contributed by atoms with E-state index in [4.69, 9.17) is 4.52 Å². The number of carbonyl (C=O) groups is 2. The number of aryl methyl sites for hydroxylation is 1. The smallest absolute Gasteiger partial charge is 0.243 e. The highest BCUT2D eigenvalue weighted by atomic mass is 19.1. The minimum atomic E-state index is -0.841. The van der Waals surface area contributed by atoms with Gasteiger partial charge in [-0.15, -0.1) is 0 Å². The summed E-state index contributed by atoms with van der Waals surface area (Å²) in [5.41, 5.74) is 1.03. The van der Waals surface area contributed by atoms with Crippen molar-refractivity contribution < 1.29 is 23.6 Å². The van der Waals surface area contributed by atoms with Crippen molar-refractivity contribution in [3.05, 3.63) is 53.2 Å². The number of nitrogens with zero attached hydrogens (tertiary/aromatic N) is 2. The number of carbonyl (C=O) groups excluding carboxylic acids is 2. The third-order valence-corrected chi connectivity index (χ3v) is 5.48. The van der Waals surface area contributed by atoms with Gasteiger partial charge in [0.1, 0.15) is 23.5 Å². The van der Waals surface area contributed by atoms with Gasteiger partial charge in [0.05, 0.1) is 17.8 Å². The van der Waals surface area contributed by atoms with Crippen molar-refractivity contribution >= 4 is 11.8 Å². The highest BCUT2D eigenvalue weighted by Crippen LogP contribution is 2.31. The summed E-state index contributed by atoms with van der Waals surface area (Å²) in [7, 11) is 0. The largest absolute Gasteiger partial charge is 0.391 e. The van der Waals surface area contributed by atoms with E-state index in [1.807, 2.05) is 13.8 Å². The molecule has 4 atom stereocenters. The molecule has 1 aliphatic heterocycles. The van der Waals surface area contributed by atoms with Crippen LogP contribution < -0.4 is 5.32 Å². The first-order chi connectivity index (χ1) is 14.2. The minimum absolute atomic E-state index is 0.0569. The lowest BCUT2D eigenvalue weighted by Crippen LogP contribution is -2.48. The fourth-order valence-corrected chi connectivity index (χ4v) is 3.96. The predicted molar refractivity (Wildman–Crippen MR) is 108 cm³/mol. The molecule has 7 nitrogen and oxygen atoms in total. The Bertz CT molecular complexity index is 913. The summed E-state index contributed by atoms with van der Waals surface area (Å²) in [6, 6.07) is 6.51. The number of aliphatic hydroxyl groups is 1. The first-order valence-electron chi connectivity index (χ1n) is 10.2. The second-order valence-electron chi connectivity index (χ2n) is 8.24. The van der Waals surface area contributed by atoms with Gasteiger partial charge >= 0.3 is 0 Å². The van der Waals surface area contributed by atoms with Gasteiger partial charge in [0.25, 0.3) is 0 Å². The third kappa shape index (κ3) is 4.53. The number of aliphatic hydroxyl groups excluding tert-OH is 1. The SMILES string of the molecule is Cc1cc([C@H](C(=O)N2C[C@H](O)C[C@H]2C(=O)N[C@@H](C)c2ccccc2F)C(C)C)on1. The zero-order valence-corrected chi connectivity index (χ0v) is 17.6. The summed E-state index contributed by atoms with van der Waals surface area (Å²) in [5.74, 6) is -1.40. The number of benzene rings is 1. The van der Waals surface area contributed by atoms with Crippen LogP contribution in [0.25, 0.3) is 0 Å². The summed E-state index contributed by atoms with van der Waals surface area (Å²) in [5, 5.41) is 16.8. The van der Waals surface area contributed by atoms with Crippen molar-refractivity contribution in [2.75, 3.05) is 6.54 Å². The van der Waals surface area contributed by atoms with Crippen LogP contribution in [0.3, 0.4) is 0 Å². The number of likely N-dealkylation sites (tertiary alicyclic amines) is 1. The molecule has 0 unspecified atom stereocenters. The van der Waals surface area contributed by atoms with Gasteiger partial charge in [-0.3, -0.25) is 9.59 Å². The molecule has 1 aromatic carbocycles. The first-order valence-corrected chi connectivity index (χ1v) is 10.2. The Hall–Kier alpha value is -2.74. The zero-order chi connectivity index (χ0) is 22.0. The van der Waals surface area contributed by atoms with Crippen LogP contribution in [0.4, 0.5) is 4.39 Å². The molecule has 30 heavy (non-hydrogen) atoms. The number of amides is 2. The maximum Gasteiger partial charge on any atom is 0.243 e. The van der Waals surface area contributed by atoms with Crippen molar-refractivity contribution in [2.24, 2.45) is 5.92 Å². The Morgan fingerprint density at radius 2 is 2.00 bits per heavy atom. The molecule has 0 radical (unpaired) electrons. The molecule has 1 fully saturated rings. The van der Waals surface area contributed by atoms with Gasteiger partial charge in [-0.1, -0.05) is 37.2 Å². The van der Waals surface area contributed by atoms with Gasteiger partial charge in [0.15, 0.2) is 0 Å². The molecule has 2 heterocycles. The molecule has 1 aliphatic rings. The monoisotopic (exact) mass is 417 g/mol. The second kappa shape index (κ2) is 8.95. The summed E-state index contributed by atoms with van der Waals surface area (Å²) >= 11 is 0. The molecule has 162 valence electrons. The fraction of sp³-hybridized carbons (Fsp3) is 0.500. The molecule has 2 amide bonds. The van der Waals surface area contributed by atoms with Crippen molar-refractivity contribution in [3.8, 4) is 0 Å². The van der Waals surface area contributed by atoms with E-state index in [0.717, 1.165) is 0 Å². The predicted octanol–water partition coefficient (Wildman–Crippen LogP) is 2.70. The lowest BCUT2D eigenvalue weighted by atomic mass is 9.91. The highest BCUT2D eigenvalue weighted by Gasteiger charge is 2.43. The van der Waals surface area contributed by atoms with Crippen LogP contribution in [0, 0.1) is 18.7 Å². The number of halogens is 1. The number of aromatic nitrogens is 1. The lowest BCUT2D eigenvalue weighted by molar-refractivity contribution is -0.141. The lowest BCUT2D eigenvalue weighted by Gasteiger charge is -2.29. The first kappa shape index (κ1) is 22.0. The Labute approximate surface area is 175 Å². The molecule has 8 heteroatoms. The molecule has 2 N–H and O–H groups in total. The maximum atomic E-state index is 14.0. The normalized spacial score (nSPS) is 21.0. The fourth-order valence-electron chi connectivity index (χ4n) is 3.96. The van der Waals surface area contributed by atoms with Crippen molar-refractivity contribution in [1.82, 2.24) is 15.4 Å². The minimum Gasteiger partial charge on any atom is -0.391 e. The van der Waals surface area contributed by atoms with Crippen LogP contribution in [0.1, 0.15) is 56.2 Å². The topological polar surface area (TPSA) is 95.7 Å². The molecular formula is C22H28FN3O4. The van der Waals surface area contributed by atoms with E-state index in [9.17, 15) is 19.1 Å². The summed E-state index contributed by atoms with van der Waals surface area (Å²) in [6.07, 6.45) is -0.681. The molecule has 0 saturated carbocycles. The molecule has 1 aromatic heterocycles. The van der Waals surface area contributed by atoms with Gasteiger partial charge in [-0.05, 0) is 25.8 Å². The average Bonchev–Trinajstić information content (AvgIpc) is 3.27.